The summed E-state index contributed by atoms with van der Waals surface area (Å²) in [5.41, 5.74) is 3.59. The molecule has 0 amide bonds. The van der Waals surface area contributed by atoms with Gasteiger partial charge in [0.05, 0.1) is 0 Å². The Hall–Kier alpha value is -2.91. The Labute approximate surface area is 173 Å². The third-order valence-corrected chi connectivity index (χ3v) is 5.67. The molecule has 0 spiro atoms. The summed E-state index contributed by atoms with van der Waals surface area (Å²) < 4.78 is 5.59. The van der Waals surface area contributed by atoms with E-state index in [9.17, 15) is 9.90 Å². The molecule has 0 aliphatic heterocycles. The van der Waals surface area contributed by atoms with Crippen LogP contribution in [0.5, 0.6) is 5.75 Å². The SMILES string of the molecule is CC(C)(c1ccccc1)c1cccc(OC(=O)CO)c1C(C)(C)c1ccccc1. The summed E-state index contributed by atoms with van der Waals surface area (Å²) >= 11 is 0. The van der Waals surface area contributed by atoms with Gasteiger partial charge in [0.2, 0.25) is 0 Å². The van der Waals surface area contributed by atoms with E-state index in [-0.39, 0.29) is 5.41 Å². The molecule has 3 heteroatoms. The van der Waals surface area contributed by atoms with E-state index >= 15 is 0 Å². The summed E-state index contributed by atoms with van der Waals surface area (Å²) in [5.74, 6) is -0.177. The highest BCUT2D eigenvalue weighted by atomic mass is 16.5. The lowest BCUT2D eigenvalue weighted by molar-refractivity contribution is -0.137. The van der Waals surface area contributed by atoms with Crippen LogP contribution in [0.2, 0.25) is 0 Å². The summed E-state index contributed by atoms with van der Waals surface area (Å²) in [5, 5.41) is 9.24. The minimum atomic E-state index is -0.662. The van der Waals surface area contributed by atoms with Crippen molar-refractivity contribution in [3.8, 4) is 5.75 Å². The van der Waals surface area contributed by atoms with E-state index in [4.69, 9.17) is 4.74 Å². The fraction of sp³-hybridized carbons (Fsp3) is 0.269. The Morgan fingerprint density at radius 2 is 1.28 bits per heavy atom. The number of aliphatic hydroxyl groups is 1. The first kappa shape index (κ1) is 20.8. The monoisotopic (exact) mass is 388 g/mol. The van der Waals surface area contributed by atoms with Crippen LogP contribution < -0.4 is 4.74 Å². The Bertz CT molecular complexity index is 973. The van der Waals surface area contributed by atoms with Crippen molar-refractivity contribution in [3.63, 3.8) is 0 Å². The molecular weight excluding hydrogens is 360 g/mol. The quantitative estimate of drug-likeness (QED) is 0.464. The van der Waals surface area contributed by atoms with Gasteiger partial charge < -0.3 is 9.84 Å². The lowest BCUT2D eigenvalue weighted by atomic mass is 9.68. The van der Waals surface area contributed by atoms with E-state index in [1.165, 1.54) is 5.56 Å². The lowest BCUT2D eigenvalue weighted by Crippen LogP contribution is -2.29. The normalized spacial score (nSPS) is 11.9. The van der Waals surface area contributed by atoms with Crippen molar-refractivity contribution in [3.05, 3.63) is 101 Å². The first-order valence-electron chi connectivity index (χ1n) is 9.85. The molecule has 1 N–H and O–H groups in total. The molecule has 3 aromatic carbocycles. The molecular formula is C26H28O3. The molecule has 3 rings (SSSR count). The van der Waals surface area contributed by atoms with Crippen molar-refractivity contribution in [2.24, 2.45) is 0 Å². The Balaban J connectivity index is 2.27. The second-order valence-electron chi connectivity index (χ2n) is 8.29. The Kier molecular flexibility index (Phi) is 5.90. The van der Waals surface area contributed by atoms with E-state index in [0.717, 1.165) is 16.7 Å². The summed E-state index contributed by atoms with van der Waals surface area (Å²) in [4.78, 5) is 12.0. The van der Waals surface area contributed by atoms with Crippen molar-refractivity contribution < 1.29 is 14.6 Å². The van der Waals surface area contributed by atoms with Crippen LogP contribution in [0.15, 0.2) is 78.9 Å². The average Bonchev–Trinajstić information content (AvgIpc) is 2.74. The van der Waals surface area contributed by atoms with Crippen LogP contribution in [-0.4, -0.2) is 17.7 Å². The third-order valence-electron chi connectivity index (χ3n) is 5.67. The fourth-order valence-electron chi connectivity index (χ4n) is 3.95. The topological polar surface area (TPSA) is 46.5 Å². The number of benzene rings is 3. The van der Waals surface area contributed by atoms with Gasteiger partial charge in [-0.2, -0.15) is 0 Å². The van der Waals surface area contributed by atoms with Crippen molar-refractivity contribution in [2.75, 3.05) is 6.61 Å². The number of carbonyl (C=O) groups excluding carboxylic acids is 1. The summed E-state index contributed by atoms with van der Waals surface area (Å²) in [6.07, 6.45) is 0. The number of rotatable bonds is 6. The molecule has 29 heavy (non-hydrogen) atoms. The van der Waals surface area contributed by atoms with Crippen LogP contribution in [0.1, 0.15) is 49.9 Å². The fourth-order valence-corrected chi connectivity index (χ4v) is 3.95. The highest BCUT2D eigenvalue weighted by Gasteiger charge is 2.36. The maximum Gasteiger partial charge on any atom is 0.337 e. The maximum absolute atomic E-state index is 12.0. The predicted octanol–water partition coefficient (Wildman–Crippen LogP) is 5.24. The molecule has 0 saturated heterocycles. The number of esters is 1. The second-order valence-corrected chi connectivity index (χ2v) is 8.29. The zero-order valence-corrected chi connectivity index (χ0v) is 17.5. The highest BCUT2D eigenvalue weighted by Crippen LogP contribution is 2.45. The third kappa shape index (κ3) is 4.10. The lowest BCUT2D eigenvalue weighted by Gasteiger charge is -2.36. The molecule has 3 aromatic rings. The predicted molar refractivity (Wildman–Crippen MR) is 116 cm³/mol. The molecule has 0 heterocycles. The van der Waals surface area contributed by atoms with Gasteiger partial charge >= 0.3 is 5.97 Å². The van der Waals surface area contributed by atoms with Crippen LogP contribution in [0.25, 0.3) is 0 Å². The van der Waals surface area contributed by atoms with Crippen molar-refractivity contribution in [2.45, 2.75) is 38.5 Å². The Morgan fingerprint density at radius 1 is 0.759 bits per heavy atom. The first-order chi connectivity index (χ1) is 13.8. The molecule has 0 aromatic heterocycles. The van der Waals surface area contributed by atoms with Gasteiger partial charge in [-0.05, 0) is 22.8 Å². The van der Waals surface area contributed by atoms with Crippen LogP contribution in [0.4, 0.5) is 0 Å². The van der Waals surface area contributed by atoms with E-state index in [2.05, 4.69) is 58.0 Å². The maximum atomic E-state index is 12.0. The molecule has 0 radical (unpaired) electrons. The van der Waals surface area contributed by atoms with Crippen LogP contribution in [0.3, 0.4) is 0 Å². The number of hydrogen-bond donors (Lipinski definition) is 1. The smallest absolute Gasteiger partial charge is 0.337 e. The van der Waals surface area contributed by atoms with E-state index < -0.39 is 18.0 Å². The second kappa shape index (κ2) is 8.22. The van der Waals surface area contributed by atoms with Crippen molar-refractivity contribution in [1.82, 2.24) is 0 Å². The largest absolute Gasteiger partial charge is 0.424 e. The first-order valence-corrected chi connectivity index (χ1v) is 9.85. The summed E-state index contributed by atoms with van der Waals surface area (Å²) in [6, 6.07) is 26.3. The van der Waals surface area contributed by atoms with E-state index in [1.54, 1.807) is 6.07 Å². The van der Waals surface area contributed by atoms with Gasteiger partial charge in [-0.1, -0.05) is 100 Å². The van der Waals surface area contributed by atoms with Gasteiger partial charge in [-0.15, -0.1) is 0 Å². The zero-order valence-electron chi connectivity index (χ0n) is 17.5. The van der Waals surface area contributed by atoms with Gasteiger partial charge in [-0.3, -0.25) is 0 Å². The van der Waals surface area contributed by atoms with Gasteiger partial charge in [0.25, 0.3) is 0 Å². The average molecular weight is 389 g/mol. The highest BCUT2D eigenvalue weighted by molar-refractivity contribution is 5.74. The molecule has 0 aliphatic rings. The zero-order chi connectivity index (χ0) is 21.1. The molecule has 0 saturated carbocycles. The van der Waals surface area contributed by atoms with Crippen LogP contribution in [0, 0.1) is 0 Å². The number of hydrogen-bond acceptors (Lipinski definition) is 3. The molecule has 0 bridgehead atoms. The number of aliphatic hydroxyl groups excluding tert-OH is 1. The van der Waals surface area contributed by atoms with E-state index in [0.29, 0.717) is 5.75 Å². The van der Waals surface area contributed by atoms with Gasteiger partial charge in [0, 0.05) is 16.4 Å². The molecule has 0 aliphatic carbocycles. The van der Waals surface area contributed by atoms with Gasteiger partial charge in [-0.25, -0.2) is 4.79 Å². The van der Waals surface area contributed by atoms with Crippen LogP contribution >= 0.6 is 0 Å². The van der Waals surface area contributed by atoms with Crippen LogP contribution in [-0.2, 0) is 15.6 Å². The molecule has 3 nitrogen and oxygen atoms in total. The number of ether oxygens (including phenoxy) is 1. The standard InChI is InChI=1S/C26H28O3/c1-25(2,19-12-7-5-8-13-19)21-16-11-17-22(29-23(28)18-27)24(21)26(3,4)20-14-9-6-10-15-20/h5-17,27H,18H2,1-4H3. The van der Waals surface area contributed by atoms with E-state index in [1.807, 2.05) is 42.5 Å². The minimum Gasteiger partial charge on any atom is -0.424 e. The molecule has 0 fully saturated rings. The Morgan fingerprint density at radius 3 is 1.79 bits per heavy atom. The minimum absolute atomic E-state index is 0.315. The van der Waals surface area contributed by atoms with Crippen molar-refractivity contribution >= 4 is 5.97 Å². The van der Waals surface area contributed by atoms with Gasteiger partial charge in [0.1, 0.15) is 12.4 Å². The van der Waals surface area contributed by atoms with Crippen molar-refractivity contribution in [1.29, 1.82) is 0 Å². The summed E-state index contributed by atoms with van der Waals surface area (Å²) in [6.45, 7) is 7.98. The number of carbonyl (C=O) groups is 1. The molecule has 0 unspecified atom stereocenters. The molecule has 150 valence electrons. The van der Waals surface area contributed by atoms with Gasteiger partial charge in [0.15, 0.2) is 0 Å². The summed E-state index contributed by atoms with van der Waals surface area (Å²) in [7, 11) is 0. The molecule has 0 atom stereocenters.